The molecule has 1 aromatic carbocycles. The van der Waals surface area contributed by atoms with Crippen molar-refractivity contribution >= 4 is 22.4 Å². The van der Waals surface area contributed by atoms with E-state index in [1.165, 1.54) is 6.20 Å². The summed E-state index contributed by atoms with van der Waals surface area (Å²) in [5, 5.41) is 11.2. The minimum atomic E-state index is 0.118. The van der Waals surface area contributed by atoms with Crippen LogP contribution in [0, 0.1) is 0 Å². The molecule has 0 aliphatic rings. The van der Waals surface area contributed by atoms with E-state index in [1.54, 1.807) is 25.3 Å². The highest BCUT2D eigenvalue weighted by Crippen LogP contribution is 2.31. The summed E-state index contributed by atoms with van der Waals surface area (Å²) >= 11 is 5.88. The van der Waals surface area contributed by atoms with Crippen molar-refractivity contribution in [1.82, 2.24) is 4.98 Å². The van der Waals surface area contributed by atoms with Gasteiger partial charge in [0.05, 0.1) is 13.3 Å². The van der Waals surface area contributed by atoms with Crippen LogP contribution in [0.5, 0.6) is 11.5 Å². The molecule has 2 aromatic rings. The van der Waals surface area contributed by atoms with Gasteiger partial charge < -0.3 is 9.84 Å². The lowest BCUT2D eigenvalue weighted by Gasteiger charge is -2.04. The van der Waals surface area contributed by atoms with Crippen molar-refractivity contribution in [2.45, 2.75) is 0 Å². The number of hydrogen-bond donors (Lipinski definition) is 1. The molecule has 0 fully saturated rings. The van der Waals surface area contributed by atoms with Gasteiger partial charge in [0.1, 0.15) is 16.7 Å². The van der Waals surface area contributed by atoms with Crippen molar-refractivity contribution < 1.29 is 9.84 Å². The number of aromatic hydroxyl groups is 1. The lowest BCUT2D eigenvalue weighted by atomic mass is 10.1. The van der Waals surface area contributed by atoms with Gasteiger partial charge in [0, 0.05) is 10.8 Å². The number of methoxy groups -OCH3 is 1. The van der Waals surface area contributed by atoms with Gasteiger partial charge in [-0.1, -0.05) is 11.6 Å². The number of hydrogen-bond acceptors (Lipinski definition) is 3. The van der Waals surface area contributed by atoms with Crippen LogP contribution < -0.4 is 4.74 Å². The Labute approximate surface area is 85.9 Å². The lowest BCUT2D eigenvalue weighted by molar-refractivity contribution is 0.415. The first-order chi connectivity index (χ1) is 6.72. The molecule has 0 atom stereocenters. The summed E-state index contributed by atoms with van der Waals surface area (Å²) in [6.45, 7) is 0. The third-order valence-electron chi connectivity index (χ3n) is 2.03. The second-order valence-corrected chi connectivity index (χ2v) is 3.20. The Balaban J connectivity index is 2.80. The Morgan fingerprint density at radius 2 is 2.14 bits per heavy atom. The summed E-state index contributed by atoms with van der Waals surface area (Å²) in [7, 11) is 1.57. The molecule has 0 saturated carbocycles. The van der Waals surface area contributed by atoms with Crippen LogP contribution in [0.1, 0.15) is 0 Å². The van der Waals surface area contributed by atoms with Gasteiger partial charge >= 0.3 is 0 Å². The van der Waals surface area contributed by atoms with Gasteiger partial charge in [-0.05, 0) is 18.2 Å². The number of rotatable bonds is 1. The molecule has 1 N–H and O–H groups in total. The minimum absolute atomic E-state index is 0.118. The summed E-state index contributed by atoms with van der Waals surface area (Å²) in [5.74, 6) is 0.804. The predicted octanol–water partition coefficient (Wildman–Crippen LogP) is 2.60. The maximum atomic E-state index is 9.50. The van der Waals surface area contributed by atoms with Crippen molar-refractivity contribution in [1.29, 1.82) is 0 Å². The lowest BCUT2D eigenvalue weighted by Crippen LogP contribution is -1.84. The zero-order chi connectivity index (χ0) is 10.1. The van der Waals surface area contributed by atoms with Crippen LogP contribution in [0.3, 0.4) is 0 Å². The molecule has 3 nitrogen and oxygen atoms in total. The van der Waals surface area contributed by atoms with E-state index < -0.39 is 0 Å². The third kappa shape index (κ3) is 1.36. The van der Waals surface area contributed by atoms with Crippen LogP contribution in [0.25, 0.3) is 10.8 Å². The summed E-state index contributed by atoms with van der Waals surface area (Å²) < 4.78 is 5.05. The van der Waals surface area contributed by atoms with E-state index in [9.17, 15) is 5.11 Å². The monoisotopic (exact) mass is 209 g/mol. The van der Waals surface area contributed by atoms with E-state index in [2.05, 4.69) is 4.98 Å². The Morgan fingerprint density at radius 3 is 2.86 bits per heavy atom. The topological polar surface area (TPSA) is 42.4 Å². The Hall–Kier alpha value is -1.48. The molecule has 14 heavy (non-hydrogen) atoms. The quantitative estimate of drug-likeness (QED) is 0.735. The summed E-state index contributed by atoms with van der Waals surface area (Å²) in [4.78, 5) is 3.84. The molecule has 2 rings (SSSR count). The van der Waals surface area contributed by atoms with E-state index in [0.29, 0.717) is 21.7 Å². The summed E-state index contributed by atoms with van der Waals surface area (Å²) in [5.41, 5.74) is 0. The first kappa shape index (κ1) is 9.09. The molecule has 0 amide bonds. The van der Waals surface area contributed by atoms with Crippen molar-refractivity contribution in [2.24, 2.45) is 0 Å². The van der Waals surface area contributed by atoms with E-state index >= 15 is 0 Å². The molecule has 0 saturated heterocycles. The van der Waals surface area contributed by atoms with Gasteiger partial charge in [-0.15, -0.1) is 0 Å². The third-order valence-corrected chi connectivity index (χ3v) is 2.33. The van der Waals surface area contributed by atoms with Gasteiger partial charge in [-0.2, -0.15) is 0 Å². The van der Waals surface area contributed by atoms with Crippen molar-refractivity contribution in [2.75, 3.05) is 7.11 Å². The molecule has 72 valence electrons. The molecule has 0 aliphatic heterocycles. The molecule has 1 heterocycles. The number of halogens is 1. The molecule has 4 heteroatoms. The Kier molecular flexibility index (Phi) is 2.17. The SMILES string of the molecule is COc1ccc2c(O)cnc(Cl)c2c1. The highest BCUT2D eigenvalue weighted by molar-refractivity contribution is 6.34. The number of pyridine rings is 1. The van der Waals surface area contributed by atoms with E-state index in [4.69, 9.17) is 16.3 Å². The average Bonchev–Trinajstić information content (AvgIpc) is 2.23. The predicted molar refractivity (Wildman–Crippen MR) is 55.0 cm³/mol. The van der Waals surface area contributed by atoms with E-state index in [1.807, 2.05) is 0 Å². The Morgan fingerprint density at radius 1 is 1.36 bits per heavy atom. The van der Waals surface area contributed by atoms with Gasteiger partial charge in [-0.25, -0.2) is 4.98 Å². The molecule has 0 unspecified atom stereocenters. The fraction of sp³-hybridized carbons (Fsp3) is 0.100. The molecule has 0 radical (unpaired) electrons. The molecule has 0 spiro atoms. The second kappa shape index (κ2) is 3.35. The fourth-order valence-corrected chi connectivity index (χ4v) is 1.51. The van der Waals surface area contributed by atoms with E-state index in [0.717, 1.165) is 0 Å². The summed E-state index contributed by atoms with van der Waals surface area (Å²) in [6.07, 6.45) is 1.33. The van der Waals surface area contributed by atoms with Gasteiger partial charge in [-0.3, -0.25) is 0 Å². The largest absolute Gasteiger partial charge is 0.506 e. The number of benzene rings is 1. The number of nitrogens with zero attached hydrogens (tertiary/aromatic N) is 1. The van der Waals surface area contributed by atoms with Crippen LogP contribution in [0.2, 0.25) is 5.15 Å². The highest BCUT2D eigenvalue weighted by Gasteiger charge is 2.05. The summed E-state index contributed by atoms with van der Waals surface area (Å²) in [6, 6.07) is 5.25. The Bertz CT molecular complexity index is 485. The smallest absolute Gasteiger partial charge is 0.141 e. The molecule has 0 bridgehead atoms. The van der Waals surface area contributed by atoms with Crippen molar-refractivity contribution in [3.63, 3.8) is 0 Å². The van der Waals surface area contributed by atoms with Crippen molar-refractivity contribution in [3.05, 3.63) is 29.5 Å². The molecule has 0 aliphatic carbocycles. The van der Waals surface area contributed by atoms with Crippen LogP contribution in [0.15, 0.2) is 24.4 Å². The number of ether oxygens (including phenoxy) is 1. The second-order valence-electron chi connectivity index (χ2n) is 2.85. The average molecular weight is 210 g/mol. The highest BCUT2D eigenvalue weighted by atomic mass is 35.5. The minimum Gasteiger partial charge on any atom is -0.506 e. The van der Waals surface area contributed by atoms with Crippen LogP contribution in [-0.2, 0) is 0 Å². The molecular formula is C10H8ClNO2. The first-order valence-corrected chi connectivity index (χ1v) is 4.41. The maximum Gasteiger partial charge on any atom is 0.141 e. The molecule has 1 aromatic heterocycles. The normalized spacial score (nSPS) is 10.4. The van der Waals surface area contributed by atoms with Gasteiger partial charge in [0.25, 0.3) is 0 Å². The zero-order valence-electron chi connectivity index (χ0n) is 7.49. The van der Waals surface area contributed by atoms with Crippen LogP contribution in [0.4, 0.5) is 0 Å². The maximum absolute atomic E-state index is 9.50. The van der Waals surface area contributed by atoms with Gasteiger partial charge in [0.15, 0.2) is 0 Å². The first-order valence-electron chi connectivity index (χ1n) is 4.03. The zero-order valence-corrected chi connectivity index (χ0v) is 8.25. The van der Waals surface area contributed by atoms with Crippen LogP contribution >= 0.6 is 11.6 Å². The molecular weight excluding hydrogens is 202 g/mol. The van der Waals surface area contributed by atoms with Gasteiger partial charge in [0.2, 0.25) is 0 Å². The van der Waals surface area contributed by atoms with E-state index in [-0.39, 0.29) is 5.75 Å². The number of fused-ring (bicyclic) bond motifs is 1. The standard InChI is InChI=1S/C10H8ClNO2/c1-14-6-2-3-7-8(4-6)10(11)12-5-9(7)13/h2-5,13H,1H3. The van der Waals surface area contributed by atoms with Crippen molar-refractivity contribution in [3.8, 4) is 11.5 Å². The number of aromatic nitrogens is 1. The fourth-order valence-electron chi connectivity index (χ4n) is 1.30. The van der Waals surface area contributed by atoms with Crippen LogP contribution in [-0.4, -0.2) is 17.2 Å².